The number of alkyl carbamates (subject to hydrolysis) is 1. The second-order valence-corrected chi connectivity index (χ2v) is 11.7. The largest absolute Gasteiger partial charge is 0.445 e. The summed E-state index contributed by atoms with van der Waals surface area (Å²) in [6, 6.07) is 23.5. The predicted molar refractivity (Wildman–Crippen MR) is 163 cm³/mol. The van der Waals surface area contributed by atoms with Gasteiger partial charge < -0.3 is 15.0 Å². The minimum atomic E-state index is -3.67. The summed E-state index contributed by atoms with van der Waals surface area (Å²) in [7, 11) is -2.16. The van der Waals surface area contributed by atoms with Crippen LogP contribution in [0.5, 0.6) is 0 Å². The van der Waals surface area contributed by atoms with E-state index in [0.717, 1.165) is 35.3 Å². The van der Waals surface area contributed by atoms with Gasteiger partial charge in [-0.3, -0.25) is 4.79 Å². The third-order valence-electron chi connectivity index (χ3n) is 7.05. The van der Waals surface area contributed by atoms with Crippen LogP contribution in [0, 0.1) is 0 Å². The zero-order chi connectivity index (χ0) is 29.7. The number of ether oxygens (including phenoxy) is 1. The highest BCUT2D eigenvalue weighted by atomic mass is 32.2. The Balaban J connectivity index is 1.77. The van der Waals surface area contributed by atoms with Gasteiger partial charge >= 0.3 is 6.09 Å². The second-order valence-electron chi connectivity index (χ2n) is 9.82. The number of carbonyl (C=O) groups is 2. The summed E-state index contributed by atoms with van der Waals surface area (Å²) in [6.45, 7) is 6.63. The molecule has 0 aliphatic rings. The Morgan fingerprint density at radius 2 is 1.56 bits per heavy atom. The molecule has 220 valence electrons. The van der Waals surface area contributed by atoms with Crippen LogP contribution < -0.4 is 10.0 Å². The molecule has 8 nitrogen and oxygen atoms in total. The van der Waals surface area contributed by atoms with Crippen LogP contribution in [0.1, 0.15) is 48.2 Å². The fourth-order valence-electron chi connectivity index (χ4n) is 4.65. The van der Waals surface area contributed by atoms with Crippen molar-refractivity contribution in [2.45, 2.75) is 45.8 Å². The molecule has 0 saturated carbocycles. The molecule has 0 fully saturated rings. The topological polar surface area (TPSA) is 105 Å². The Morgan fingerprint density at radius 3 is 2.22 bits per heavy atom. The molecular weight excluding hydrogens is 538 g/mol. The van der Waals surface area contributed by atoms with E-state index in [1.807, 2.05) is 66.7 Å². The average Bonchev–Trinajstić information content (AvgIpc) is 3.00. The molecule has 0 spiro atoms. The molecule has 3 rings (SSSR count). The van der Waals surface area contributed by atoms with E-state index in [1.54, 1.807) is 12.1 Å². The first kappa shape index (κ1) is 32.0. The zero-order valence-corrected chi connectivity index (χ0v) is 25.0. The first-order valence-electron chi connectivity index (χ1n) is 14.1. The number of Topliss-reactive ketones (excluding diaryl/α,β-unsaturated/α-hetero) is 1. The Labute approximate surface area is 244 Å². The van der Waals surface area contributed by atoms with Crippen molar-refractivity contribution < 1.29 is 22.7 Å². The Kier molecular flexibility index (Phi) is 12.5. The predicted octanol–water partition coefficient (Wildman–Crippen LogP) is 5.05. The molecule has 0 unspecified atom stereocenters. The van der Waals surface area contributed by atoms with E-state index in [-0.39, 0.29) is 18.1 Å². The molecular formula is C32H41N3O5S. The SMILES string of the molecule is CCN(CC)CCCS(=O)(=O)N[C@H](CCc1ccccc1)C(=O)c1ccc(-c2ccccc2COC(=O)NC)cc1. The lowest BCUT2D eigenvalue weighted by Gasteiger charge is -2.20. The molecule has 0 saturated heterocycles. The van der Waals surface area contributed by atoms with Crippen LogP contribution in [-0.2, 0) is 27.8 Å². The molecule has 0 aliphatic carbocycles. The lowest BCUT2D eigenvalue weighted by Crippen LogP contribution is -2.42. The second kappa shape index (κ2) is 16.0. The van der Waals surface area contributed by atoms with Gasteiger partial charge in [0.25, 0.3) is 0 Å². The van der Waals surface area contributed by atoms with Crippen LogP contribution in [0.2, 0.25) is 0 Å². The summed E-state index contributed by atoms with van der Waals surface area (Å²) in [5, 5.41) is 2.43. The Morgan fingerprint density at radius 1 is 0.902 bits per heavy atom. The van der Waals surface area contributed by atoms with Crippen molar-refractivity contribution in [2.24, 2.45) is 0 Å². The summed E-state index contributed by atoms with van der Waals surface area (Å²) >= 11 is 0. The van der Waals surface area contributed by atoms with Crippen molar-refractivity contribution in [1.82, 2.24) is 14.9 Å². The Hall–Kier alpha value is -3.53. The molecule has 41 heavy (non-hydrogen) atoms. The van der Waals surface area contributed by atoms with E-state index in [0.29, 0.717) is 31.4 Å². The number of nitrogens with one attached hydrogen (secondary N) is 2. The Bertz CT molecular complexity index is 1360. The standard InChI is InChI=1S/C32H41N3O5S/c1-4-35(5-2)22-11-23-41(38,39)34-30(21-16-25-12-7-6-8-13-25)31(36)27-19-17-26(18-20-27)29-15-10-9-14-28(29)24-40-32(37)33-3/h6-10,12-15,17-20,30,34H,4-5,11,16,21-24H2,1-3H3,(H,33,37)/t30-/m1/s1. The lowest BCUT2D eigenvalue weighted by molar-refractivity contribution is 0.0949. The summed E-state index contributed by atoms with van der Waals surface area (Å²) in [5.41, 5.74) is 4.03. The summed E-state index contributed by atoms with van der Waals surface area (Å²) in [5.74, 6) is -0.303. The van der Waals surface area contributed by atoms with Gasteiger partial charge in [0.05, 0.1) is 11.8 Å². The molecule has 0 bridgehead atoms. The lowest BCUT2D eigenvalue weighted by atomic mass is 9.95. The van der Waals surface area contributed by atoms with Crippen LogP contribution in [0.4, 0.5) is 4.79 Å². The normalized spacial score (nSPS) is 12.2. The number of aryl methyl sites for hydroxylation is 1. The maximum Gasteiger partial charge on any atom is 0.407 e. The molecule has 0 aromatic heterocycles. The number of hydrogen-bond acceptors (Lipinski definition) is 6. The number of sulfonamides is 1. The average molecular weight is 580 g/mol. The summed E-state index contributed by atoms with van der Waals surface area (Å²) in [6.07, 6.45) is 0.891. The fraction of sp³-hybridized carbons (Fsp3) is 0.375. The molecule has 3 aromatic rings. The molecule has 0 aliphatic heterocycles. The first-order valence-corrected chi connectivity index (χ1v) is 15.7. The van der Waals surface area contributed by atoms with E-state index >= 15 is 0 Å². The highest BCUT2D eigenvalue weighted by Crippen LogP contribution is 2.25. The van der Waals surface area contributed by atoms with Gasteiger partial charge in [-0.15, -0.1) is 0 Å². The number of ketones is 1. The number of hydrogen-bond donors (Lipinski definition) is 2. The van der Waals surface area contributed by atoms with Gasteiger partial charge in [0, 0.05) is 12.6 Å². The molecule has 9 heteroatoms. The molecule has 3 aromatic carbocycles. The van der Waals surface area contributed by atoms with Crippen molar-refractivity contribution in [3.8, 4) is 11.1 Å². The molecule has 1 atom stereocenters. The van der Waals surface area contributed by atoms with Crippen LogP contribution in [0.15, 0.2) is 78.9 Å². The minimum absolute atomic E-state index is 0.0353. The van der Waals surface area contributed by atoms with Gasteiger partial charge in [0.1, 0.15) is 6.61 Å². The van der Waals surface area contributed by atoms with Gasteiger partial charge in [-0.25, -0.2) is 17.9 Å². The van der Waals surface area contributed by atoms with Gasteiger partial charge in [0.2, 0.25) is 10.0 Å². The third-order valence-corrected chi connectivity index (χ3v) is 8.52. The number of rotatable bonds is 16. The highest BCUT2D eigenvalue weighted by Gasteiger charge is 2.25. The van der Waals surface area contributed by atoms with Crippen molar-refractivity contribution in [1.29, 1.82) is 0 Å². The smallest absolute Gasteiger partial charge is 0.407 e. The first-order chi connectivity index (χ1) is 19.8. The van der Waals surface area contributed by atoms with E-state index in [2.05, 4.69) is 28.8 Å². The molecule has 1 amide bonds. The summed E-state index contributed by atoms with van der Waals surface area (Å²) in [4.78, 5) is 27.4. The zero-order valence-electron chi connectivity index (χ0n) is 24.1. The monoisotopic (exact) mass is 579 g/mol. The van der Waals surface area contributed by atoms with Crippen molar-refractivity contribution in [2.75, 3.05) is 32.4 Å². The quantitative estimate of drug-likeness (QED) is 0.230. The maximum atomic E-state index is 13.6. The van der Waals surface area contributed by atoms with Gasteiger partial charge in [-0.1, -0.05) is 92.7 Å². The van der Waals surface area contributed by atoms with Gasteiger partial charge in [0.15, 0.2) is 5.78 Å². The highest BCUT2D eigenvalue weighted by molar-refractivity contribution is 7.89. The third kappa shape index (κ3) is 10.1. The van der Waals surface area contributed by atoms with Crippen LogP contribution in [0.25, 0.3) is 11.1 Å². The van der Waals surface area contributed by atoms with E-state index in [1.165, 1.54) is 7.05 Å². The number of benzene rings is 3. The molecule has 0 heterocycles. The number of carbonyl (C=O) groups excluding carboxylic acids is 2. The van der Waals surface area contributed by atoms with E-state index in [4.69, 9.17) is 4.74 Å². The summed E-state index contributed by atoms with van der Waals surface area (Å²) < 4.78 is 34.0. The van der Waals surface area contributed by atoms with Gasteiger partial charge in [-0.2, -0.15) is 0 Å². The molecule has 2 N–H and O–H groups in total. The maximum absolute atomic E-state index is 13.6. The molecule has 0 radical (unpaired) electrons. The van der Waals surface area contributed by atoms with Crippen LogP contribution in [-0.4, -0.2) is 63.7 Å². The van der Waals surface area contributed by atoms with Crippen molar-refractivity contribution in [3.05, 3.63) is 95.6 Å². The van der Waals surface area contributed by atoms with Gasteiger partial charge in [-0.05, 0) is 61.2 Å². The minimum Gasteiger partial charge on any atom is -0.445 e. The van der Waals surface area contributed by atoms with Crippen molar-refractivity contribution in [3.63, 3.8) is 0 Å². The van der Waals surface area contributed by atoms with Crippen LogP contribution in [0.3, 0.4) is 0 Å². The number of nitrogens with zero attached hydrogens (tertiary/aromatic N) is 1. The van der Waals surface area contributed by atoms with Crippen LogP contribution >= 0.6 is 0 Å². The number of amides is 1. The fourth-order valence-corrected chi connectivity index (χ4v) is 5.94. The van der Waals surface area contributed by atoms with E-state index < -0.39 is 22.2 Å². The van der Waals surface area contributed by atoms with Crippen molar-refractivity contribution >= 4 is 21.9 Å². The van der Waals surface area contributed by atoms with E-state index in [9.17, 15) is 18.0 Å².